The van der Waals surface area contributed by atoms with E-state index in [1.54, 1.807) is 27.0 Å². The third kappa shape index (κ3) is 9.59. The quantitative estimate of drug-likeness (QED) is 0.246. The van der Waals surface area contributed by atoms with Crippen LogP contribution in [0.4, 0.5) is 4.79 Å². The Hall–Kier alpha value is -4.97. The Labute approximate surface area is 345 Å². The van der Waals surface area contributed by atoms with Crippen LogP contribution in [0.25, 0.3) is 22.5 Å². The van der Waals surface area contributed by atoms with E-state index < -0.39 is 69.3 Å². The van der Waals surface area contributed by atoms with Gasteiger partial charge < -0.3 is 29.4 Å². The summed E-state index contributed by atoms with van der Waals surface area (Å²) in [5.41, 5.74) is 0.460. The van der Waals surface area contributed by atoms with Crippen molar-refractivity contribution in [1.29, 1.82) is 0 Å². The number of imidazole rings is 1. The molecule has 1 saturated carbocycles. The predicted octanol–water partition coefficient (Wildman–Crippen LogP) is 4.96. The lowest BCUT2D eigenvalue weighted by Crippen LogP contribution is -2.58. The Morgan fingerprint density at radius 2 is 1.83 bits per heavy atom. The fourth-order valence-electron chi connectivity index (χ4n) is 7.59. The van der Waals surface area contributed by atoms with Crippen LogP contribution >= 0.6 is 0 Å². The predicted molar refractivity (Wildman–Crippen MR) is 219 cm³/mol. The third-order valence-electron chi connectivity index (χ3n) is 10.9. The number of alkyl carbamates (subject to hydrolysis) is 1. The number of amides is 4. The fraction of sp³-hybridized carbons (Fsp3) is 0.610. The summed E-state index contributed by atoms with van der Waals surface area (Å²) in [5.74, 6) is -1.95. The molecule has 59 heavy (non-hydrogen) atoms. The maximum atomic E-state index is 14.7. The highest BCUT2D eigenvalue weighted by molar-refractivity contribution is 7.87. The molecule has 0 spiro atoms. The van der Waals surface area contributed by atoms with E-state index in [9.17, 15) is 27.6 Å². The molecule has 322 valence electrons. The molecule has 1 aliphatic carbocycles. The Bertz CT molecular complexity index is 2210. The molecular weight excluding hydrogens is 781 g/mol. The maximum Gasteiger partial charge on any atom is 0.408 e. The van der Waals surface area contributed by atoms with E-state index in [1.807, 2.05) is 62.6 Å². The van der Waals surface area contributed by atoms with Crippen molar-refractivity contribution in [2.45, 2.75) is 135 Å². The van der Waals surface area contributed by atoms with Gasteiger partial charge in [-0.2, -0.15) is 17.7 Å². The molecular formula is C41H58N8O9S. The second-order valence-corrected chi connectivity index (χ2v) is 19.4. The maximum absolute atomic E-state index is 14.7. The molecule has 4 heterocycles. The lowest BCUT2D eigenvalue weighted by molar-refractivity contribution is -0.141. The number of rotatable bonds is 9. The summed E-state index contributed by atoms with van der Waals surface area (Å²) in [6.07, 6.45) is 7.14. The van der Waals surface area contributed by atoms with Crippen molar-refractivity contribution >= 4 is 45.1 Å². The number of ether oxygens (including phenoxy) is 2. The molecule has 3 N–H and O–H groups in total. The smallest absolute Gasteiger partial charge is 0.408 e. The molecule has 5 atom stereocenters. The average Bonchev–Trinajstić information content (AvgIpc) is 3.50. The van der Waals surface area contributed by atoms with Gasteiger partial charge in [0.05, 0.1) is 23.3 Å². The van der Waals surface area contributed by atoms with Crippen molar-refractivity contribution in [3.05, 3.63) is 42.3 Å². The topological polar surface area (TPSA) is 207 Å². The summed E-state index contributed by atoms with van der Waals surface area (Å²) in [5, 5.41) is 5.62. The molecule has 18 heteroatoms. The van der Waals surface area contributed by atoms with Crippen molar-refractivity contribution < 1.29 is 41.5 Å². The molecule has 0 bridgehead atoms. The summed E-state index contributed by atoms with van der Waals surface area (Å²) in [6.45, 7) is 13.2. The second-order valence-electron chi connectivity index (χ2n) is 17.5. The molecule has 5 unspecified atom stereocenters. The van der Waals surface area contributed by atoms with Crippen LogP contribution < -0.4 is 20.1 Å². The number of hydrogen-bond donors (Lipinski definition) is 3. The van der Waals surface area contributed by atoms with Crippen LogP contribution in [-0.4, -0.2) is 106 Å². The van der Waals surface area contributed by atoms with Gasteiger partial charge in [-0.1, -0.05) is 44.9 Å². The Balaban J connectivity index is 1.36. The highest BCUT2D eigenvalue weighted by atomic mass is 32.2. The normalized spacial score (nSPS) is 24.4. The summed E-state index contributed by atoms with van der Waals surface area (Å²) in [4.78, 5) is 67.1. The van der Waals surface area contributed by atoms with E-state index in [1.165, 1.54) is 19.0 Å². The van der Waals surface area contributed by atoms with Crippen LogP contribution in [0.2, 0.25) is 0 Å². The highest BCUT2D eigenvalue weighted by Crippen LogP contribution is 2.46. The first kappa shape index (κ1) is 43.6. The monoisotopic (exact) mass is 838 g/mol. The van der Waals surface area contributed by atoms with Crippen LogP contribution in [0.3, 0.4) is 0 Å². The second kappa shape index (κ2) is 17.0. The minimum absolute atomic E-state index is 0.0105. The SMILES string of the molecule is CC(C)c1coc(-c2cccc3c2nc(OC2CC4C(=O)NC5(C(=O)NS(=O)(=O)N(C)C)CC5C=CCCCCCC(NC(=O)OC(C)(C)C)C(=O)N4C2)n3C(C)C)n1. The Morgan fingerprint density at radius 3 is 2.49 bits per heavy atom. The van der Waals surface area contributed by atoms with Crippen LogP contribution in [-0.2, 0) is 29.3 Å². The van der Waals surface area contributed by atoms with Gasteiger partial charge in [-0.05, 0) is 78.4 Å². The molecule has 0 radical (unpaired) electrons. The summed E-state index contributed by atoms with van der Waals surface area (Å²) in [7, 11) is -1.60. The van der Waals surface area contributed by atoms with E-state index in [0.29, 0.717) is 36.2 Å². The minimum atomic E-state index is -4.19. The molecule has 2 aromatic heterocycles. The van der Waals surface area contributed by atoms with Gasteiger partial charge in [0, 0.05) is 32.5 Å². The number of para-hydroxylation sites is 1. The zero-order valence-corrected chi connectivity index (χ0v) is 36.2. The van der Waals surface area contributed by atoms with Crippen LogP contribution in [0.15, 0.2) is 41.0 Å². The van der Waals surface area contributed by atoms with Gasteiger partial charge in [0.25, 0.3) is 11.9 Å². The van der Waals surface area contributed by atoms with E-state index in [0.717, 1.165) is 28.4 Å². The third-order valence-corrected chi connectivity index (χ3v) is 12.3. The van der Waals surface area contributed by atoms with Gasteiger partial charge in [-0.3, -0.25) is 19.0 Å². The van der Waals surface area contributed by atoms with Gasteiger partial charge in [-0.25, -0.2) is 14.5 Å². The largest absolute Gasteiger partial charge is 0.459 e. The first-order valence-corrected chi connectivity index (χ1v) is 21.8. The zero-order chi connectivity index (χ0) is 43.0. The van der Waals surface area contributed by atoms with Crippen molar-refractivity contribution in [1.82, 2.24) is 39.1 Å². The lowest BCUT2D eigenvalue weighted by Gasteiger charge is -2.30. The van der Waals surface area contributed by atoms with Crippen molar-refractivity contribution in [2.75, 3.05) is 20.6 Å². The van der Waals surface area contributed by atoms with E-state index >= 15 is 0 Å². The van der Waals surface area contributed by atoms with Gasteiger partial charge in [0.1, 0.15) is 41.1 Å². The number of fused-ring (bicyclic) bond motifs is 3. The molecule has 1 aromatic carbocycles. The standard InChI is InChI=1S/C41H58N8O9S/c1-24(2)30-23-56-35(42-30)28-17-15-19-31-33(28)44-38(49(31)25(3)4)57-27-20-32-34(50)45-41(37(52)46-59(54,55)47(8)9)21-26(41)16-13-11-10-12-14-18-29(36(51)48(32)22-27)43-39(53)58-40(5,6)7/h13,15-17,19,23-27,29,32H,10-12,14,18,20-22H2,1-9H3,(H,43,53)(H,45,50)(H,46,52). The van der Waals surface area contributed by atoms with E-state index in [-0.39, 0.29) is 37.4 Å². The van der Waals surface area contributed by atoms with Gasteiger partial charge in [-0.15, -0.1) is 0 Å². The molecule has 3 aromatic rings. The number of benzene rings is 1. The zero-order valence-electron chi connectivity index (χ0n) is 35.4. The fourth-order valence-corrected chi connectivity index (χ4v) is 8.19. The number of nitrogens with zero attached hydrogens (tertiary/aromatic N) is 5. The number of aromatic nitrogens is 3. The molecule has 6 rings (SSSR count). The number of carbonyl (C=O) groups is 4. The van der Waals surface area contributed by atoms with Crippen molar-refractivity contribution in [3.8, 4) is 17.5 Å². The minimum Gasteiger partial charge on any atom is -0.459 e. The summed E-state index contributed by atoms with van der Waals surface area (Å²) in [6, 6.07) is 3.66. The number of nitrogens with one attached hydrogen (secondary N) is 3. The van der Waals surface area contributed by atoms with E-state index in [2.05, 4.69) is 15.4 Å². The molecule has 2 fully saturated rings. The molecule has 4 amide bonds. The van der Waals surface area contributed by atoms with Gasteiger partial charge in [0.15, 0.2) is 0 Å². The van der Waals surface area contributed by atoms with Gasteiger partial charge in [0.2, 0.25) is 17.7 Å². The molecule has 17 nitrogen and oxygen atoms in total. The lowest BCUT2D eigenvalue weighted by atomic mass is 10.0. The molecule has 1 saturated heterocycles. The first-order valence-electron chi connectivity index (χ1n) is 20.4. The number of allylic oxidation sites excluding steroid dienone is 1. The number of oxazole rings is 1. The summed E-state index contributed by atoms with van der Waals surface area (Å²) >= 11 is 0. The molecule has 2 aliphatic heterocycles. The van der Waals surface area contributed by atoms with Crippen molar-refractivity contribution in [3.63, 3.8) is 0 Å². The number of carbonyl (C=O) groups excluding carboxylic acids is 4. The number of hydrogen-bond acceptors (Lipinski definition) is 11. The Morgan fingerprint density at radius 1 is 1.08 bits per heavy atom. The van der Waals surface area contributed by atoms with Crippen molar-refractivity contribution in [2.24, 2.45) is 5.92 Å². The first-order chi connectivity index (χ1) is 27.7. The average molecular weight is 839 g/mol. The van der Waals surface area contributed by atoms with Crippen LogP contribution in [0, 0.1) is 5.92 Å². The Kier molecular flexibility index (Phi) is 12.5. The van der Waals surface area contributed by atoms with E-state index in [4.69, 9.17) is 23.9 Å². The van der Waals surface area contributed by atoms with Crippen LogP contribution in [0.1, 0.15) is 111 Å². The van der Waals surface area contributed by atoms with Crippen LogP contribution in [0.5, 0.6) is 6.01 Å². The van der Waals surface area contributed by atoms with Gasteiger partial charge >= 0.3 is 16.3 Å². The molecule has 3 aliphatic rings. The summed E-state index contributed by atoms with van der Waals surface area (Å²) < 4.78 is 48.5. The highest BCUT2D eigenvalue weighted by Gasteiger charge is 2.62.